The summed E-state index contributed by atoms with van der Waals surface area (Å²) in [7, 11) is 0. The third kappa shape index (κ3) is 3.62. The molecule has 1 rings (SSSR count). The lowest BCUT2D eigenvalue weighted by Gasteiger charge is -2.57. The Kier molecular flexibility index (Phi) is 6.28. The van der Waals surface area contributed by atoms with Crippen LogP contribution in [-0.4, -0.2) is 12.7 Å². The van der Waals surface area contributed by atoms with Crippen LogP contribution in [0.5, 0.6) is 0 Å². The maximum Gasteiger partial charge on any atom is 0.104 e. The van der Waals surface area contributed by atoms with Gasteiger partial charge in [0.1, 0.15) is 6.10 Å². The summed E-state index contributed by atoms with van der Waals surface area (Å²) in [4.78, 5) is 10.3. The minimum absolute atomic E-state index is 0.000749. The monoisotopic (exact) mass is 300 g/mol. The molecule has 0 aliphatic carbocycles. The standard InChI is InChI=1S/C18H36O3/c1-9-10-11-14(2)16(3,4)18(7,8)17(5,6)15-12-13-19-21-20-15/h14-15H,9-13H2,1-8H3. The summed E-state index contributed by atoms with van der Waals surface area (Å²) in [6.07, 6.45) is 4.81. The maximum atomic E-state index is 5.46. The van der Waals surface area contributed by atoms with Crippen molar-refractivity contribution in [3.05, 3.63) is 0 Å². The Morgan fingerprint density at radius 2 is 1.71 bits per heavy atom. The summed E-state index contributed by atoms with van der Waals surface area (Å²) < 4.78 is 0. The molecule has 0 aromatic rings. The van der Waals surface area contributed by atoms with Gasteiger partial charge in [0, 0.05) is 6.42 Å². The van der Waals surface area contributed by atoms with Crippen molar-refractivity contribution >= 4 is 0 Å². The van der Waals surface area contributed by atoms with Crippen molar-refractivity contribution < 1.29 is 14.8 Å². The fraction of sp³-hybridized carbons (Fsp3) is 1.00. The summed E-state index contributed by atoms with van der Waals surface area (Å²) in [6.45, 7) is 19.5. The van der Waals surface area contributed by atoms with Crippen molar-refractivity contribution in [3.63, 3.8) is 0 Å². The lowest BCUT2D eigenvalue weighted by molar-refractivity contribution is -0.559. The van der Waals surface area contributed by atoms with Crippen molar-refractivity contribution in [2.75, 3.05) is 6.61 Å². The molecule has 1 saturated heterocycles. The van der Waals surface area contributed by atoms with Crippen molar-refractivity contribution in [2.24, 2.45) is 22.2 Å². The van der Waals surface area contributed by atoms with Crippen LogP contribution < -0.4 is 0 Å². The Balaban J connectivity index is 2.94. The number of hydrogen-bond donors (Lipinski definition) is 0. The lowest BCUT2D eigenvalue weighted by atomic mass is 9.49. The molecule has 2 atom stereocenters. The van der Waals surface area contributed by atoms with Gasteiger partial charge in [-0.25, -0.2) is 9.78 Å². The van der Waals surface area contributed by atoms with Crippen LogP contribution in [0.2, 0.25) is 0 Å². The predicted octanol–water partition coefficient (Wildman–Crippen LogP) is 5.54. The zero-order valence-electron chi connectivity index (χ0n) is 15.4. The van der Waals surface area contributed by atoms with Gasteiger partial charge >= 0.3 is 0 Å². The van der Waals surface area contributed by atoms with E-state index >= 15 is 0 Å². The lowest BCUT2D eigenvalue weighted by Crippen LogP contribution is -2.54. The molecule has 2 unspecified atom stereocenters. The highest BCUT2D eigenvalue weighted by Crippen LogP contribution is 2.58. The molecule has 0 N–H and O–H groups in total. The fourth-order valence-corrected chi connectivity index (χ4v) is 3.51. The molecule has 0 aromatic heterocycles. The van der Waals surface area contributed by atoms with Gasteiger partial charge in [-0.3, -0.25) is 0 Å². The maximum absolute atomic E-state index is 5.46. The van der Waals surface area contributed by atoms with Gasteiger partial charge in [-0.05, 0) is 22.2 Å². The zero-order chi connectivity index (χ0) is 16.3. The quantitative estimate of drug-likeness (QED) is 0.577. The van der Waals surface area contributed by atoms with E-state index in [1.54, 1.807) is 0 Å². The summed E-state index contributed by atoms with van der Waals surface area (Å²) in [5.74, 6) is 0.674. The van der Waals surface area contributed by atoms with Crippen LogP contribution in [0, 0.1) is 22.2 Å². The highest BCUT2D eigenvalue weighted by molar-refractivity contribution is 5.01. The first-order valence-corrected chi connectivity index (χ1v) is 8.54. The molecule has 0 amide bonds. The van der Waals surface area contributed by atoms with Gasteiger partial charge in [0.15, 0.2) is 0 Å². The van der Waals surface area contributed by atoms with Crippen LogP contribution in [0.3, 0.4) is 0 Å². The Labute approximate surface area is 131 Å². The van der Waals surface area contributed by atoms with Gasteiger partial charge in [-0.2, -0.15) is 0 Å². The number of rotatable bonds is 7. The van der Waals surface area contributed by atoms with E-state index in [4.69, 9.17) is 14.8 Å². The molecule has 0 spiro atoms. The number of unbranched alkanes of at least 4 members (excludes halogenated alkanes) is 1. The fourth-order valence-electron chi connectivity index (χ4n) is 3.51. The highest BCUT2D eigenvalue weighted by Gasteiger charge is 2.54. The molecule has 0 radical (unpaired) electrons. The average Bonchev–Trinajstić information content (AvgIpc) is 2.45. The van der Waals surface area contributed by atoms with Crippen LogP contribution in [0.25, 0.3) is 0 Å². The van der Waals surface area contributed by atoms with Crippen LogP contribution in [0.15, 0.2) is 0 Å². The Morgan fingerprint density at radius 3 is 2.19 bits per heavy atom. The Bertz CT molecular complexity index is 314. The van der Waals surface area contributed by atoms with Crippen molar-refractivity contribution in [1.29, 1.82) is 0 Å². The summed E-state index contributed by atoms with van der Waals surface area (Å²) in [5.41, 5.74) is 0.326. The second-order valence-electron chi connectivity index (χ2n) is 8.38. The molecule has 3 heteroatoms. The molecule has 21 heavy (non-hydrogen) atoms. The minimum atomic E-state index is 0.000749. The van der Waals surface area contributed by atoms with Crippen LogP contribution in [0.1, 0.15) is 81.1 Å². The average molecular weight is 300 g/mol. The first-order chi connectivity index (χ1) is 9.59. The SMILES string of the molecule is CCCCC(C)C(C)(C)C(C)(C)C(C)(C)C1CCOOO1. The smallest absolute Gasteiger partial charge is 0.104 e. The first-order valence-electron chi connectivity index (χ1n) is 8.54. The van der Waals surface area contributed by atoms with E-state index in [2.05, 4.69) is 55.4 Å². The largest absolute Gasteiger partial charge is 0.206 e. The third-order valence-corrected chi connectivity index (χ3v) is 6.92. The van der Waals surface area contributed by atoms with Crippen molar-refractivity contribution in [1.82, 2.24) is 0 Å². The van der Waals surface area contributed by atoms with E-state index in [0.717, 1.165) is 6.42 Å². The molecule has 1 aliphatic rings. The Morgan fingerprint density at radius 1 is 1.10 bits per heavy atom. The highest BCUT2D eigenvalue weighted by atomic mass is 17.5. The summed E-state index contributed by atoms with van der Waals surface area (Å²) in [5, 5.41) is 4.80. The summed E-state index contributed by atoms with van der Waals surface area (Å²) >= 11 is 0. The second-order valence-corrected chi connectivity index (χ2v) is 8.38. The molecular formula is C18H36O3. The van der Waals surface area contributed by atoms with E-state index in [1.807, 2.05) is 0 Å². The van der Waals surface area contributed by atoms with E-state index in [-0.39, 0.29) is 22.3 Å². The van der Waals surface area contributed by atoms with Gasteiger partial charge in [0.2, 0.25) is 0 Å². The van der Waals surface area contributed by atoms with Gasteiger partial charge in [0.05, 0.1) is 6.61 Å². The van der Waals surface area contributed by atoms with Gasteiger partial charge in [-0.15, -0.1) is 0 Å². The third-order valence-electron chi connectivity index (χ3n) is 6.92. The van der Waals surface area contributed by atoms with Crippen LogP contribution in [0.4, 0.5) is 0 Å². The Hall–Kier alpha value is -0.120. The number of hydrogen-bond acceptors (Lipinski definition) is 3. The van der Waals surface area contributed by atoms with E-state index in [9.17, 15) is 0 Å². The van der Waals surface area contributed by atoms with Crippen LogP contribution >= 0.6 is 0 Å². The predicted molar refractivity (Wildman–Crippen MR) is 86.6 cm³/mol. The topological polar surface area (TPSA) is 27.7 Å². The molecule has 126 valence electrons. The van der Waals surface area contributed by atoms with Gasteiger partial charge < -0.3 is 0 Å². The minimum Gasteiger partial charge on any atom is -0.206 e. The molecule has 1 fully saturated rings. The van der Waals surface area contributed by atoms with Crippen molar-refractivity contribution in [2.45, 2.75) is 87.2 Å². The molecule has 1 aliphatic heterocycles. The molecule has 3 nitrogen and oxygen atoms in total. The normalized spacial score (nSPS) is 23.1. The van der Waals surface area contributed by atoms with Crippen LogP contribution in [-0.2, 0) is 14.8 Å². The van der Waals surface area contributed by atoms with E-state index in [0.29, 0.717) is 12.5 Å². The van der Waals surface area contributed by atoms with E-state index in [1.165, 1.54) is 19.3 Å². The molecular weight excluding hydrogens is 264 g/mol. The molecule has 1 heterocycles. The second kappa shape index (κ2) is 6.97. The summed E-state index contributed by atoms with van der Waals surface area (Å²) in [6, 6.07) is 0. The van der Waals surface area contributed by atoms with E-state index < -0.39 is 0 Å². The van der Waals surface area contributed by atoms with Crippen molar-refractivity contribution in [3.8, 4) is 0 Å². The molecule has 0 saturated carbocycles. The zero-order valence-corrected chi connectivity index (χ0v) is 15.4. The molecule has 0 aromatic carbocycles. The van der Waals surface area contributed by atoms with Gasteiger partial charge in [-0.1, -0.05) is 79.7 Å². The molecule has 0 bridgehead atoms. The van der Waals surface area contributed by atoms with Gasteiger partial charge in [0.25, 0.3) is 0 Å². The first kappa shape index (κ1) is 18.9.